The van der Waals surface area contributed by atoms with Crippen molar-refractivity contribution in [2.75, 3.05) is 19.8 Å². The summed E-state index contributed by atoms with van der Waals surface area (Å²) in [7, 11) is -4.75. The van der Waals surface area contributed by atoms with E-state index >= 15 is 0 Å². The second kappa shape index (κ2) is 37.9. The van der Waals surface area contributed by atoms with Crippen molar-refractivity contribution in [1.82, 2.24) is 5.32 Å². The Morgan fingerprint density at radius 1 is 0.593 bits per heavy atom. The van der Waals surface area contributed by atoms with Crippen LogP contribution in [0.1, 0.15) is 194 Å². The lowest BCUT2D eigenvalue weighted by molar-refractivity contribution is -0.147. The molecular weight excluding hydrogens is 709 g/mol. The fraction of sp³-hybridized carbons (Fsp3) is 0.833. The maximum atomic E-state index is 12.3. The molecule has 11 nitrogen and oxygen atoms in total. The van der Waals surface area contributed by atoms with Gasteiger partial charge in [-0.1, -0.05) is 160 Å². The molecule has 0 heterocycles. The molecule has 316 valence electrons. The number of amides is 1. The minimum atomic E-state index is -4.75. The number of carbonyl (C=O) groups is 3. The highest BCUT2D eigenvalue weighted by Crippen LogP contribution is 2.43. The highest BCUT2D eigenvalue weighted by molar-refractivity contribution is 7.47. The molecule has 0 saturated carbocycles. The summed E-state index contributed by atoms with van der Waals surface area (Å²) in [6.45, 7) is 2.54. The molecule has 0 fully saturated rings. The van der Waals surface area contributed by atoms with Crippen molar-refractivity contribution in [2.45, 2.75) is 206 Å². The van der Waals surface area contributed by atoms with E-state index in [-0.39, 0.29) is 12.8 Å². The minimum absolute atomic E-state index is 0.145. The number of ether oxygens (including phenoxy) is 1. The van der Waals surface area contributed by atoms with Crippen LogP contribution in [-0.4, -0.2) is 64.9 Å². The number of hydrogen-bond donors (Lipinski definition) is 4. The van der Waals surface area contributed by atoms with Gasteiger partial charge in [-0.05, 0) is 44.9 Å². The summed E-state index contributed by atoms with van der Waals surface area (Å²) >= 11 is 0. The van der Waals surface area contributed by atoms with E-state index in [0.29, 0.717) is 12.8 Å². The standard InChI is InChI=1S/C42H78NO10P/c1-3-5-7-9-11-13-14-15-16-17-18-19-20-21-22-23-24-26-27-29-31-33-40(45)43-39(42(47)48)37-53-54(49,50)52-36-38(44)35-51-41(46)34-32-30-28-25-12-10-8-6-4-2/h11,13,15-16,38-39,44H,3-10,12,14,17-37H2,1-2H3,(H,43,45)(H,47,48)(H,49,50)/b13-11-,16-15-. The highest BCUT2D eigenvalue weighted by Gasteiger charge is 2.28. The molecule has 1 amide bonds. The van der Waals surface area contributed by atoms with E-state index in [2.05, 4.69) is 43.5 Å². The molecule has 0 spiro atoms. The van der Waals surface area contributed by atoms with E-state index in [1.807, 2.05) is 0 Å². The Morgan fingerprint density at radius 2 is 1.02 bits per heavy atom. The van der Waals surface area contributed by atoms with Gasteiger partial charge >= 0.3 is 19.8 Å². The molecule has 54 heavy (non-hydrogen) atoms. The van der Waals surface area contributed by atoms with Gasteiger partial charge in [-0.25, -0.2) is 9.36 Å². The lowest BCUT2D eigenvalue weighted by atomic mass is 10.0. The molecule has 0 rings (SSSR count). The first-order chi connectivity index (χ1) is 26.1. The molecule has 0 aliphatic rings. The summed E-state index contributed by atoms with van der Waals surface area (Å²) in [5.41, 5.74) is 0. The van der Waals surface area contributed by atoms with E-state index in [4.69, 9.17) is 13.8 Å². The Balaban J connectivity index is 3.88. The minimum Gasteiger partial charge on any atom is -0.480 e. The molecule has 0 bridgehead atoms. The smallest absolute Gasteiger partial charge is 0.472 e. The monoisotopic (exact) mass is 788 g/mol. The van der Waals surface area contributed by atoms with Gasteiger partial charge in [-0.3, -0.25) is 18.6 Å². The van der Waals surface area contributed by atoms with Crippen LogP contribution in [0.4, 0.5) is 0 Å². The Hall–Kier alpha value is -2.04. The van der Waals surface area contributed by atoms with E-state index in [9.17, 15) is 34.1 Å². The van der Waals surface area contributed by atoms with Crippen molar-refractivity contribution >= 4 is 25.7 Å². The first-order valence-electron chi connectivity index (χ1n) is 21.4. The number of aliphatic hydroxyl groups is 1. The van der Waals surface area contributed by atoms with Gasteiger partial charge < -0.3 is 25.2 Å². The maximum absolute atomic E-state index is 12.3. The fourth-order valence-electron chi connectivity index (χ4n) is 5.87. The molecule has 0 aliphatic carbocycles. The number of phosphoric ester groups is 1. The average molecular weight is 788 g/mol. The second-order valence-corrected chi connectivity index (χ2v) is 16.0. The predicted molar refractivity (Wildman–Crippen MR) is 217 cm³/mol. The zero-order valence-electron chi connectivity index (χ0n) is 34.0. The Labute approximate surface area is 328 Å². The number of phosphoric acid groups is 1. The molecule has 0 aromatic carbocycles. The summed E-state index contributed by atoms with van der Waals surface area (Å²) in [6, 6.07) is -1.54. The fourth-order valence-corrected chi connectivity index (χ4v) is 6.65. The van der Waals surface area contributed by atoms with Crippen LogP contribution in [0.15, 0.2) is 24.3 Å². The number of hydrogen-bond acceptors (Lipinski definition) is 8. The molecule has 3 unspecified atom stereocenters. The number of unbranched alkanes of at least 4 members (excludes halogenated alkanes) is 22. The van der Waals surface area contributed by atoms with E-state index < -0.39 is 57.6 Å². The number of carboxylic acid groups (broad SMARTS) is 1. The third-order valence-corrected chi connectivity index (χ3v) is 10.2. The summed E-state index contributed by atoms with van der Waals surface area (Å²) in [4.78, 5) is 45.8. The number of carboxylic acids is 1. The number of allylic oxidation sites excluding steroid dienone is 4. The van der Waals surface area contributed by atoms with Gasteiger partial charge in [0, 0.05) is 12.8 Å². The van der Waals surface area contributed by atoms with E-state index in [0.717, 1.165) is 44.9 Å². The van der Waals surface area contributed by atoms with Crippen molar-refractivity contribution < 1.29 is 47.8 Å². The molecule has 4 N–H and O–H groups in total. The maximum Gasteiger partial charge on any atom is 0.472 e. The first kappa shape index (κ1) is 52.0. The van der Waals surface area contributed by atoms with Gasteiger partial charge in [0.1, 0.15) is 12.7 Å². The lowest BCUT2D eigenvalue weighted by Crippen LogP contribution is -2.43. The van der Waals surface area contributed by atoms with Gasteiger partial charge in [0.2, 0.25) is 5.91 Å². The average Bonchev–Trinajstić information content (AvgIpc) is 3.14. The van der Waals surface area contributed by atoms with Crippen LogP contribution in [-0.2, 0) is 32.7 Å². The van der Waals surface area contributed by atoms with Crippen molar-refractivity contribution in [3.63, 3.8) is 0 Å². The number of nitrogens with one attached hydrogen (secondary N) is 1. The third-order valence-electron chi connectivity index (χ3n) is 9.24. The summed E-state index contributed by atoms with van der Waals surface area (Å²) in [6.07, 6.45) is 37.8. The van der Waals surface area contributed by atoms with Crippen molar-refractivity contribution in [1.29, 1.82) is 0 Å². The predicted octanol–water partition coefficient (Wildman–Crippen LogP) is 10.7. The van der Waals surface area contributed by atoms with Crippen LogP contribution in [0.25, 0.3) is 0 Å². The van der Waals surface area contributed by atoms with Crippen molar-refractivity contribution in [2.24, 2.45) is 0 Å². The second-order valence-electron chi connectivity index (χ2n) is 14.5. The molecule has 12 heteroatoms. The SMILES string of the molecule is CCCCC/C=C\C/C=C\CCCCCCCCCCCCCC(=O)NC(COP(=O)(O)OCC(O)COC(=O)CCCCCCCCCCC)C(=O)O. The zero-order valence-corrected chi connectivity index (χ0v) is 34.9. The van der Waals surface area contributed by atoms with Gasteiger partial charge in [0.05, 0.1) is 13.2 Å². The van der Waals surface area contributed by atoms with Gasteiger partial charge in [0.25, 0.3) is 0 Å². The van der Waals surface area contributed by atoms with Gasteiger partial charge in [0.15, 0.2) is 6.04 Å². The zero-order chi connectivity index (χ0) is 40.0. The highest BCUT2D eigenvalue weighted by atomic mass is 31.2. The number of esters is 1. The van der Waals surface area contributed by atoms with Crippen LogP contribution in [0.5, 0.6) is 0 Å². The Bertz CT molecular complexity index is 1020. The van der Waals surface area contributed by atoms with Gasteiger partial charge in [-0.15, -0.1) is 0 Å². The largest absolute Gasteiger partial charge is 0.480 e. The molecule has 0 aromatic rings. The normalized spacial score (nSPS) is 14.0. The Kier molecular flexibility index (Phi) is 36.4. The number of aliphatic carboxylic acids is 1. The summed E-state index contributed by atoms with van der Waals surface area (Å²) in [5.74, 6) is -2.37. The number of rotatable bonds is 40. The summed E-state index contributed by atoms with van der Waals surface area (Å²) < 4.78 is 26.7. The molecule has 0 radical (unpaired) electrons. The van der Waals surface area contributed by atoms with E-state index in [1.165, 1.54) is 109 Å². The van der Waals surface area contributed by atoms with Crippen LogP contribution >= 0.6 is 7.82 Å². The van der Waals surface area contributed by atoms with Crippen molar-refractivity contribution in [3.05, 3.63) is 24.3 Å². The molecule has 3 atom stereocenters. The van der Waals surface area contributed by atoms with Gasteiger partial charge in [-0.2, -0.15) is 0 Å². The molecule has 0 aliphatic heterocycles. The van der Waals surface area contributed by atoms with Crippen molar-refractivity contribution in [3.8, 4) is 0 Å². The first-order valence-corrected chi connectivity index (χ1v) is 22.9. The third kappa shape index (κ3) is 36.9. The Morgan fingerprint density at radius 3 is 1.54 bits per heavy atom. The lowest BCUT2D eigenvalue weighted by Gasteiger charge is -2.18. The van der Waals surface area contributed by atoms with Crippen LogP contribution in [0.3, 0.4) is 0 Å². The van der Waals surface area contributed by atoms with E-state index in [1.54, 1.807) is 0 Å². The quantitative estimate of drug-likeness (QED) is 0.0203. The molecule has 0 saturated heterocycles. The summed E-state index contributed by atoms with van der Waals surface area (Å²) in [5, 5.41) is 21.8. The number of carbonyl (C=O) groups excluding carboxylic acids is 2. The van der Waals surface area contributed by atoms with Crippen LogP contribution in [0.2, 0.25) is 0 Å². The van der Waals surface area contributed by atoms with Crippen LogP contribution in [0, 0.1) is 0 Å². The molecular formula is C42H78NO10P. The molecule has 0 aromatic heterocycles. The number of aliphatic hydroxyl groups excluding tert-OH is 1. The topological polar surface area (TPSA) is 169 Å². The van der Waals surface area contributed by atoms with Crippen LogP contribution < -0.4 is 5.32 Å².